The Morgan fingerprint density at radius 1 is 1.12 bits per heavy atom. The van der Waals surface area contributed by atoms with Crippen LogP contribution in [0.3, 0.4) is 0 Å². The summed E-state index contributed by atoms with van der Waals surface area (Å²) in [5, 5.41) is 14.3. The molecule has 0 bridgehead atoms. The second kappa shape index (κ2) is 6.24. The van der Waals surface area contributed by atoms with E-state index in [1.54, 1.807) is 6.20 Å². The number of nitrogens with one attached hydrogen (secondary N) is 1. The summed E-state index contributed by atoms with van der Waals surface area (Å²) in [6.07, 6.45) is 7.31. The lowest BCUT2D eigenvalue weighted by Crippen LogP contribution is -2.29. The van der Waals surface area contributed by atoms with Gasteiger partial charge in [-0.2, -0.15) is 4.98 Å². The van der Waals surface area contributed by atoms with Crippen LogP contribution in [0.1, 0.15) is 31.2 Å². The lowest BCUT2D eigenvalue weighted by molar-refractivity contribution is 0.126. The molecule has 3 aromatic rings. The summed E-state index contributed by atoms with van der Waals surface area (Å²) < 4.78 is 2.10. The van der Waals surface area contributed by atoms with Gasteiger partial charge in [0, 0.05) is 23.8 Å². The van der Waals surface area contributed by atoms with Crippen LogP contribution in [0.2, 0.25) is 0 Å². The largest absolute Gasteiger partial charge is 0.393 e. The Labute approximate surface area is 141 Å². The Bertz CT molecular complexity index is 849. The average Bonchev–Trinajstić information content (AvgIpc) is 3.03. The maximum Gasteiger partial charge on any atom is 0.224 e. The van der Waals surface area contributed by atoms with Crippen LogP contribution in [0.15, 0.2) is 42.7 Å². The van der Waals surface area contributed by atoms with E-state index in [1.807, 2.05) is 6.07 Å². The summed E-state index contributed by atoms with van der Waals surface area (Å²) in [5.74, 6) is 1.52. The molecule has 1 saturated carbocycles. The summed E-state index contributed by atoms with van der Waals surface area (Å²) in [6, 6.07) is 10.7. The van der Waals surface area contributed by atoms with Gasteiger partial charge in [0.25, 0.3) is 0 Å². The van der Waals surface area contributed by atoms with Crippen LogP contribution >= 0.6 is 0 Å². The van der Waals surface area contributed by atoms with Crippen molar-refractivity contribution in [1.82, 2.24) is 14.5 Å². The monoisotopic (exact) mass is 322 g/mol. The van der Waals surface area contributed by atoms with Crippen molar-refractivity contribution in [3.05, 3.63) is 48.3 Å². The van der Waals surface area contributed by atoms with Crippen LogP contribution in [0.4, 0.5) is 5.95 Å². The molecule has 124 valence electrons. The van der Waals surface area contributed by atoms with Crippen molar-refractivity contribution in [3.63, 3.8) is 0 Å². The normalized spacial score (nSPS) is 21.1. The maximum atomic E-state index is 9.62. The van der Waals surface area contributed by atoms with Gasteiger partial charge in [-0.15, -0.1) is 0 Å². The third-order valence-corrected chi connectivity index (χ3v) is 4.87. The van der Waals surface area contributed by atoms with Gasteiger partial charge in [0.2, 0.25) is 5.95 Å². The summed E-state index contributed by atoms with van der Waals surface area (Å²) >= 11 is 0. The number of anilines is 1. The molecule has 0 radical (unpaired) electrons. The number of aromatic nitrogens is 3. The summed E-state index contributed by atoms with van der Waals surface area (Å²) in [7, 11) is 0. The molecule has 2 N–H and O–H groups in total. The fourth-order valence-electron chi connectivity index (χ4n) is 3.48. The van der Waals surface area contributed by atoms with Crippen LogP contribution < -0.4 is 5.32 Å². The molecular weight excluding hydrogens is 300 g/mol. The predicted molar refractivity (Wildman–Crippen MR) is 95.5 cm³/mol. The Morgan fingerprint density at radius 2 is 1.96 bits per heavy atom. The van der Waals surface area contributed by atoms with Gasteiger partial charge in [0.15, 0.2) is 0 Å². The first kappa shape index (κ1) is 15.1. The van der Waals surface area contributed by atoms with Crippen molar-refractivity contribution in [2.24, 2.45) is 0 Å². The molecule has 1 aliphatic carbocycles. The molecule has 5 nitrogen and oxygen atoms in total. The van der Waals surface area contributed by atoms with Gasteiger partial charge in [-0.25, -0.2) is 4.98 Å². The summed E-state index contributed by atoms with van der Waals surface area (Å²) in [5.41, 5.74) is 2.42. The van der Waals surface area contributed by atoms with Crippen molar-refractivity contribution in [2.45, 2.75) is 44.8 Å². The van der Waals surface area contributed by atoms with Gasteiger partial charge in [0.1, 0.15) is 5.82 Å². The average molecular weight is 322 g/mol. The zero-order valence-electron chi connectivity index (χ0n) is 13.8. The topological polar surface area (TPSA) is 63.0 Å². The van der Waals surface area contributed by atoms with Gasteiger partial charge in [0.05, 0.1) is 11.6 Å². The highest BCUT2D eigenvalue weighted by molar-refractivity contribution is 5.84. The molecule has 2 heterocycles. The molecule has 0 aliphatic heterocycles. The molecule has 0 unspecified atom stereocenters. The smallest absolute Gasteiger partial charge is 0.224 e. The fraction of sp³-hybridized carbons (Fsp3) is 0.368. The number of rotatable bonds is 3. The fourth-order valence-corrected chi connectivity index (χ4v) is 3.48. The first-order valence-corrected chi connectivity index (χ1v) is 8.55. The third kappa shape index (κ3) is 2.87. The summed E-state index contributed by atoms with van der Waals surface area (Å²) in [4.78, 5) is 9.05. The molecule has 2 aromatic heterocycles. The molecule has 1 fully saturated rings. The Morgan fingerprint density at radius 3 is 2.79 bits per heavy atom. The van der Waals surface area contributed by atoms with Crippen molar-refractivity contribution in [3.8, 4) is 5.82 Å². The number of benzene rings is 1. The summed E-state index contributed by atoms with van der Waals surface area (Å²) in [6.45, 7) is 2.12. The molecule has 1 aromatic carbocycles. The highest BCUT2D eigenvalue weighted by Gasteiger charge is 2.20. The van der Waals surface area contributed by atoms with Crippen molar-refractivity contribution in [1.29, 1.82) is 0 Å². The van der Waals surface area contributed by atoms with Crippen LogP contribution in [-0.2, 0) is 0 Å². The van der Waals surface area contributed by atoms with Gasteiger partial charge in [-0.05, 0) is 56.4 Å². The molecule has 0 spiro atoms. The van der Waals surface area contributed by atoms with Crippen molar-refractivity contribution < 1.29 is 5.11 Å². The van der Waals surface area contributed by atoms with E-state index >= 15 is 0 Å². The molecular formula is C19H22N4O. The van der Waals surface area contributed by atoms with Gasteiger partial charge in [-0.1, -0.05) is 12.1 Å². The van der Waals surface area contributed by atoms with Crippen molar-refractivity contribution in [2.75, 3.05) is 5.32 Å². The minimum atomic E-state index is -0.148. The van der Waals surface area contributed by atoms with E-state index in [1.165, 1.54) is 10.9 Å². The van der Waals surface area contributed by atoms with E-state index in [-0.39, 0.29) is 6.10 Å². The van der Waals surface area contributed by atoms with Crippen LogP contribution in [-0.4, -0.2) is 31.8 Å². The Hall–Kier alpha value is -2.40. The maximum absolute atomic E-state index is 9.62. The van der Waals surface area contributed by atoms with E-state index in [9.17, 15) is 5.11 Å². The number of hydrogen-bond donors (Lipinski definition) is 2. The number of aryl methyl sites for hydroxylation is 1. The molecule has 5 heteroatoms. The van der Waals surface area contributed by atoms with Gasteiger partial charge >= 0.3 is 0 Å². The van der Waals surface area contributed by atoms with E-state index in [0.717, 1.165) is 37.0 Å². The van der Waals surface area contributed by atoms with Crippen molar-refractivity contribution >= 4 is 16.9 Å². The van der Waals surface area contributed by atoms with Gasteiger partial charge < -0.3 is 15.0 Å². The molecule has 24 heavy (non-hydrogen) atoms. The van der Waals surface area contributed by atoms with E-state index in [0.29, 0.717) is 12.0 Å². The SMILES string of the molecule is Cc1cccc2c1ccn2-c1ccnc(NC2CCC(O)CC2)n1. The second-order valence-electron chi connectivity index (χ2n) is 6.58. The van der Waals surface area contributed by atoms with Gasteiger partial charge in [-0.3, -0.25) is 0 Å². The number of aliphatic hydroxyl groups excluding tert-OH is 1. The highest BCUT2D eigenvalue weighted by atomic mass is 16.3. The molecule has 0 saturated heterocycles. The van der Waals surface area contributed by atoms with Crippen LogP contribution in [0.5, 0.6) is 0 Å². The second-order valence-corrected chi connectivity index (χ2v) is 6.58. The minimum absolute atomic E-state index is 0.148. The number of hydrogen-bond acceptors (Lipinski definition) is 4. The van der Waals surface area contributed by atoms with E-state index < -0.39 is 0 Å². The number of nitrogens with zero attached hydrogens (tertiary/aromatic N) is 3. The number of aliphatic hydroxyl groups is 1. The van der Waals surface area contributed by atoms with Crippen LogP contribution in [0.25, 0.3) is 16.7 Å². The Balaban J connectivity index is 1.61. The van der Waals surface area contributed by atoms with E-state index in [2.05, 4.69) is 57.2 Å². The zero-order valence-corrected chi connectivity index (χ0v) is 13.8. The Kier molecular flexibility index (Phi) is 3.94. The lowest BCUT2D eigenvalue weighted by atomic mass is 9.93. The van der Waals surface area contributed by atoms with Crippen LogP contribution in [0, 0.1) is 6.92 Å². The molecule has 1 aliphatic rings. The molecule has 0 atom stereocenters. The zero-order chi connectivity index (χ0) is 16.5. The highest BCUT2D eigenvalue weighted by Crippen LogP contribution is 2.24. The predicted octanol–water partition coefficient (Wildman–Crippen LogP) is 3.44. The standard InChI is InChI=1S/C19H22N4O/c1-13-3-2-4-17-16(13)10-12-23(17)18-9-11-20-19(22-18)21-14-5-7-15(24)8-6-14/h2-4,9-12,14-15,24H,5-8H2,1H3,(H,20,21,22). The van der Waals surface area contributed by atoms with E-state index in [4.69, 9.17) is 0 Å². The lowest BCUT2D eigenvalue weighted by Gasteiger charge is -2.26. The first-order valence-electron chi connectivity index (χ1n) is 8.55. The quantitative estimate of drug-likeness (QED) is 0.775. The third-order valence-electron chi connectivity index (χ3n) is 4.87. The molecule has 4 rings (SSSR count). The number of fused-ring (bicyclic) bond motifs is 1. The first-order chi connectivity index (χ1) is 11.7. The molecule has 0 amide bonds. The minimum Gasteiger partial charge on any atom is -0.393 e.